The number of aryl methyl sites for hydroxylation is 1. The Morgan fingerprint density at radius 3 is 2.28 bits per heavy atom. The van der Waals surface area contributed by atoms with E-state index in [0.717, 1.165) is 108 Å². The van der Waals surface area contributed by atoms with E-state index < -0.39 is 24.1 Å². The molecule has 516 valence electrons. The number of unbranched alkanes of at least 4 members (excludes halogenated alkanes) is 1. The molecule has 9 rings (SSSR count). The van der Waals surface area contributed by atoms with Gasteiger partial charge in [0.25, 0.3) is 0 Å². The van der Waals surface area contributed by atoms with Crippen molar-refractivity contribution in [2.24, 2.45) is 29.0 Å². The van der Waals surface area contributed by atoms with Crippen LogP contribution < -0.4 is 39.1 Å². The molecule has 4 aliphatic heterocycles. The van der Waals surface area contributed by atoms with E-state index >= 15 is 0 Å². The molecule has 25 heteroatoms. The summed E-state index contributed by atoms with van der Waals surface area (Å²) in [7, 11) is 9.74. The molecule has 2 aromatic carbocycles. The second-order valence-corrected chi connectivity index (χ2v) is 24.0. The first-order valence-electron chi connectivity index (χ1n) is 32.0. The fourth-order valence-electron chi connectivity index (χ4n) is 9.97. The number of ether oxygens (including phenoxy) is 6. The first-order chi connectivity index (χ1) is 44.0. The van der Waals surface area contributed by atoms with E-state index in [1.165, 1.54) is 31.2 Å². The van der Waals surface area contributed by atoms with Gasteiger partial charge in [0.05, 0.1) is 103 Å². The average molecular weight is 1290 g/mol. The van der Waals surface area contributed by atoms with Crippen molar-refractivity contribution in [2.45, 2.75) is 141 Å². The Bertz CT molecular complexity index is 2710. The Morgan fingerprint density at radius 1 is 0.978 bits per heavy atom. The summed E-state index contributed by atoms with van der Waals surface area (Å²) in [5.74, 6) is 7.58. The molecular formula is C67H110N11O14+. The molecule has 25 nitrogen and oxygen atoms in total. The predicted molar refractivity (Wildman–Crippen MR) is 355 cm³/mol. The quantitative estimate of drug-likeness (QED) is 0.0144. The van der Waals surface area contributed by atoms with Gasteiger partial charge in [0, 0.05) is 99.5 Å². The fraction of sp³-hybridized carbons (Fsp3) is 0.582. The monoisotopic (exact) mass is 1290 g/mol. The first kappa shape index (κ1) is 79.4. The SMILES string of the molecule is CCCCN(N)/C=C(/C)N.CCCOCCOCCN1C=C(CNC=O)NN1C.CNc1ccc(CCOC2CC(O)CC(CO)O2)cc1.C[N+](C)(C)CC=O.Cc1ccc2c(c1)C(=O)OC21C2=C(CC(O)C=C2)OC2=C1CCC(O)=C2.NC=O.NCCCC1CC1. The number of anilines is 1. The van der Waals surface area contributed by atoms with Gasteiger partial charge in [0.2, 0.25) is 12.8 Å². The fourth-order valence-corrected chi connectivity index (χ4v) is 9.97. The molecular weight excluding hydrogens is 1180 g/mol. The molecule has 15 N–H and O–H groups in total. The number of rotatable bonds is 26. The van der Waals surface area contributed by atoms with Gasteiger partial charge in [-0.3, -0.25) is 19.4 Å². The Labute approximate surface area is 545 Å². The highest BCUT2D eigenvalue weighted by Gasteiger charge is 2.56. The molecule has 0 bridgehead atoms. The summed E-state index contributed by atoms with van der Waals surface area (Å²) >= 11 is 0. The van der Waals surface area contributed by atoms with Crippen molar-refractivity contribution < 1.29 is 72.5 Å². The molecule has 1 saturated heterocycles. The highest BCUT2D eigenvalue weighted by molar-refractivity contribution is 5.97. The molecule has 7 aliphatic rings. The normalized spacial score (nSPS) is 20.9. The van der Waals surface area contributed by atoms with Crippen LogP contribution in [0.5, 0.6) is 0 Å². The van der Waals surface area contributed by atoms with Gasteiger partial charge in [0.1, 0.15) is 18.1 Å². The number of benzene rings is 2. The minimum Gasteiger partial charge on any atom is -0.512 e. The number of carbonyl (C=O) groups excluding carboxylic acids is 4. The number of carbonyl (C=O) groups is 4. The van der Waals surface area contributed by atoms with Gasteiger partial charge in [-0.1, -0.05) is 75.1 Å². The lowest BCUT2D eigenvalue weighted by Gasteiger charge is -2.41. The summed E-state index contributed by atoms with van der Waals surface area (Å²) < 4.78 is 34.8. The van der Waals surface area contributed by atoms with Crippen LogP contribution in [-0.2, 0) is 54.8 Å². The third kappa shape index (κ3) is 29.0. The van der Waals surface area contributed by atoms with Crippen LogP contribution in [0.2, 0.25) is 0 Å². The van der Waals surface area contributed by atoms with Crippen molar-refractivity contribution in [1.82, 2.24) is 25.9 Å². The third-order valence-corrected chi connectivity index (χ3v) is 14.8. The minimum absolute atomic E-state index is 0.0810. The van der Waals surface area contributed by atoms with Crippen LogP contribution in [0.3, 0.4) is 0 Å². The number of aldehydes is 1. The largest absolute Gasteiger partial charge is 0.512 e. The minimum atomic E-state index is -1.04. The summed E-state index contributed by atoms with van der Waals surface area (Å²) in [5.41, 5.74) is 24.9. The number of aliphatic hydroxyl groups excluding tert-OH is 4. The Kier molecular flexibility index (Phi) is 37.2. The number of likely N-dealkylation sites (N-methyl/N-ethyl adjacent to an activating group) is 1. The van der Waals surface area contributed by atoms with Crippen LogP contribution in [0.25, 0.3) is 0 Å². The van der Waals surface area contributed by atoms with Crippen molar-refractivity contribution >= 4 is 30.8 Å². The molecule has 3 aliphatic carbocycles. The van der Waals surface area contributed by atoms with Crippen LogP contribution in [0.4, 0.5) is 5.69 Å². The highest BCUT2D eigenvalue weighted by Crippen LogP contribution is 2.56. The standard InChI is InChI=1S/C21H18O5.C15H23NO4.C12H24N4O3.C7H17N3.C6H13N.C5H12NO.CH3NO/c1-11-2-5-15-14(8-11)20(24)26-21(15)16-6-3-12(22)9-18(16)25-19-10-13(23)4-7-17(19)21;1-16-12-4-2-11(3-5-12)6-7-19-15-9-13(18)8-14(10-17)20-15;1-3-5-18-7-8-19-6-4-16-10-12(9-13-11-17)14-15(16)2;1-3-4-5-10(9)6-7(2)8;7-5-1-2-6-3-4-6;1-6(2,3)4-5-7;2-1-3/h2-3,5-6,8,10,12,22-23H,4,7,9H2,1H3;2-5,13-18H,6-10H2,1H3;10-11,14H,3-9H2,1-2H3,(H,13,17);6H,3-5,8-9H2,1-2H3;6H,1-5,7H2;5H,4H2,1-3H3;1H,(H2,2,3)/q;;;;;+1;/b;;;7-6-;;;. The van der Waals surface area contributed by atoms with Crippen molar-refractivity contribution in [3.63, 3.8) is 0 Å². The lowest BCUT2D eigenvalue weighted by molar-refractivity contribution is -0.861. The maximum absolute atomic E-state index is 12.7. The average Bonchev–Trinajstić information content (AvgIpc) is 1.44. The number of hydrogen-bond acceptors (Lipinski definition) is 22. The topological polar surface area (TPSA) is 354 Å². The second-order valence-electron chi connectivity index (χ2n) is 24.0. The van der Waals surface area contributed by atoms with Gasteiger partial charge < -0.3 is 91.6 Å². The second kappa shape index (κ2) is 43.1. The molecule has 0 radical (unpaired) electrons. The highest BCUT2D eigenvalue weighted by atomic mass is 16.7. The number of nitrogens with two attached hydrogens (primary N) is 4. The zero-order valence-electron chi connectivity index (χ0n) is 56.0. The number of hydrogen-bond donors (Lipinski definition) is 11. The van der Waals surface area contributed by atoms with E-state index in [9.17, 15) is 29.7 Å². The number of esters is 1. The molecule has 2 aromatic rings. The van der Waals surface area contributed by atoms with Gasteiger partial charge in [-0.15, -0.1) is 5.12 Å². The summed E-state index contributed by atoms with van der Waals surface area (Å²) in [4.78, 5) is 41.3. The zero-order valence-corrected chi connectivity index (χ0v) is 56.0. The van der Waals surface area contributed by atoms with Crippen molar-refractivity contribution in [3.05, 3.63) is 135 Å². The number of nitrogens with zero attached hydrogens (tertiary/aromatic N) is 4. The van der Waals surface area contributed by atoms with Gasteiger partial charge in [-0.2, -0.15) is 0 Å². The molecule has 1 spiro atoms. The summed E-state index contributed by atoms with van der Waals surface area (Å²) in [6.45, 7) is 14.7. The van der Waals surface area contributed by atoms with Crippen molar-refractivity contribution in [1.29, 1.82) is 0 Å². The molecule has 92 heavy (non-hydrogen) atoms. The number of nitrogens with one attached hydrogen (secondary N) is 3. The smallest absolute Gasteiger partial charge is 0.340 e. The Morgan fingerprint density at radius 2 is 1.68 bits per heavy atom. The van der Waals surface area contributed by atoms with E-state index in [-0.39, 0.29) is 30.8 Å². The van der Waals surface area contributed by atoms with Gasteiger partial charge >= 0.3 is 5.97 Å². The third-order valence-electron chi connectivity index (χ3n) is 14.8. The molecule has 2 fully saturated rings. The molecule has 2 amide bonds. The Balaban J connectivity index is 0.000000304. The van der Waals surface area contributed by atoms with Crippen LogP contribution in [-0.4, -0.2) is 197 Å². The van der Waals surface area contributed by atoms with Crippen LogP contribution in [0, 0.1) is 12.8 Å². The number of quaternary nitrogens is 1. The summed E-state index contributed by atoms with van der Waals surface area (Å²) in [5, 5.41) is 49.9. The van der Waals surface area contributed by atoms with Crippen molar-refractivity contribution in [3.8, 4) is 0 Å². The number of amides is 2. The van der Waals surface area contributed by atoms with Gasteiger partial charge in [-0.25, -0.2) is 10.6 Å². The lowest BCUT2D eigenvalue weighted by Crippen LogP contribution is -2.41. The maximum Gasteiger partial charge on any atom is 0.340 e. The number of primary amides is 1. The zero-order chi connectivity index (χ0) is 68.1. The predicted octanol–water partition coefficient (Wildman–Crippen LogP) is 5.20. The molecule has 4 heterocycles. The molecule has 0 aromatic heterocycles. The number of fused-ring (bicyclic) bond motifs is 4. The lowest BCUT2D eigenvalue weighted by atomic mass is 9.72. The van der Waals surface area contributed by atoms with Gasteiger partial charge in [0.15, 0.2) is 18.2 Å². The Hall–Kier alpha value is -6.88. The number of allylic oxidation sites excluding steroid dienone is 3. The summed E-state index contributed by atoms with van der Waals surface area (Å²) in [6.07, 6.45) is 20.7. The maximum atomic E-state index is 12.7. The molecule has 1 saturated carbocycles. The van der Waals surface area contributed by atoms with Gasteiger partial charge in [-0.05, 0) is 88.6 Å². The van der Waals surface area contributed by atoms with E-state index in [1.54, 1.807) is 29.4 Å². The molecule has 5 atom stereocenters. The van der Waals surface area contributed by atoms with Crippen LogP contribution in [0.15, 0.2) is 113 Å². The van der Waals surface area contributed by atoms with Crippen molar-refractivity contribution in [2.75, 3.05) is 113 Å². The van der Waals surface area contributed by atoms with E-state index in [1.807, 2.05) is 95.7 Å². The van der Waals surface area contributed by atoms with Crippen LogP contribution >= 0.6 is 0 Å². The van der Waals surface area contributed by atoms with E-state index in [2.05, 4.69) is 47.8 Å². The summed E-state index contributed by atoms with van der Waals surface area (Å²) in [6, 6.07) is 13.9. The molecule has 5 unspecified atom stereocenters. The number of hydrazine groups is 3. The van der Waals surface area contributed by atoms with E-state index in [0.29, 0.717) is 95.1 Å². The number of aliphatic hydroxyl groups is 4. The van der Waals surface area contributed by atoms with Crippen LogP contribution in [0.1, 0.15) is 125 Å². The van der Waals surface area contributed by atoms with E-state index in [4.69, 9.17) is 55.6 Å². The first-order valence-corrected chi connectivity index (χ1v) is 32.0.